The van der Waals surface area contributed by atoms with Gasteiger partial charge in [-0.3, -0.25) is 0 Å². The summed E-state index contributed by atoms with van der Waals surface area (Å²) in [4.78, 5) is -0.487. The minimum absolute atomic E-state index is 0.0757. The maximum absolute atomic E-state index is 7.01. The lowest BCUT2D eigenvalue weighted by Crippen LogP contribution is -2.41. The molecule has 2 fully saturated rings. The Morgan fingerprint density at radius 2 is 1.85 bits per heavy atom. The number of ether oxygens (including phenoxy) is 3. The van der Waals surface area contributed by atoms with E-state index in [4.69, 9.17) is 49.0 Å². The first-order valence-corrected chi connectivity index (χ1v) is 9.64. The van der Waals surface area contributed by atoms with Crippen molar-refractivity contribution >= 4 is 34.8 Å². The number of alkyl halides is 1. The second-order valence-electron chi connectivity index (χ2n) is 6.84. The maximum atomic E-state index is 7.01. The number of rotatable bonds is 3. The van der Waals surface area contributed by atoms with Gasteiger partial charge in [0.1, 0.15) is 5.75 Å². The van der Waals surface area contributed by atoms with Crippen molar-refractivity contribution in [3.8, 4) is 5.75 Å². The summed E-state index contributed by atoms with van der Waals surface area (Å²) in [6.45, 7) is 0.988. The zero-order valence-corrected chi connectivity index (χ0v) is 16.5. The van der Waals surface area contributed by atoms with E-state index in [9.17, 15) is 0 Å². The largest absolute Gasteiger partial charge is 0.497 e. The highest BCUT2D eigenvalue weighted by molar-refractivity contribution is 6.33. The Labute approximate surface area is 168 Å². The standard InChI is InChI=1S/C20H19Cl3O3/c1-24-14-5-2-12(3-6-14)19-16-10-25-18(9-20(16,23)11-26-19)15-8-13(21)4-7-17(15)22/h2-8,16,18-19H,9-11H2,1H3/t16-,18+,19+,20-/m0/s1. The molecule has 138 valence electrons. The fourth-order valence-corrected chi connectivity index (χ4v) is 4.64. The molecule has 0 aliphatic carbocycles. The number of hydrogen-bond acceptors (Lipinski definition) is 3. The van der Waals surface area contributed by atoms with Crippen LogP contribution in [0, 0.1) is 5.92 Å². The van der Waals surface area contributed by atoms with E-state index >= 15 is 0 Å². The summed E-state index contributed by atoms with van der Waals surface area (Å²) in [6, 6.07) is 13.3. The molecule has 26 heavy (non-hydrogen) atoms. The second-order valence-corrected chi connectivity index (χ2v) is 8.43. The lowest BCUT2D eigenvalue weighted by Gasteiger charge is -2.39. The molecule has 0 saturated carbocycles. The van der Waals surface area contributed by atoms with E-state index in [1.54, 1.807) is 19.2 Å². The molecule has 2 aliphatic heterocycles. The van der Waals surface area contributed by atoms with Crippen molar-refractivity contribution in [1.82, 2.24) is 0 Å². The van der Waals surface area contributed by atoms with E-state index in [1.165, 1.54) is 0 Å². The Balaban J connectivity index is 1.55. The molecule has 0 radical (unpaired) electrons. The molecule has 6 heteroatoms. The topological polar surface area (TPSA) is 27.7 Å². The first-order chi connectivity index (χ1) is 12.5. The molecular weight excluding hydrogens is 395 g/mol. The molecule has 2 heterocycles. The molecule has 0 aromatic heterocycles. The molecule has 0 spiro atoms. The van der Waals surface area contributed by atoms with Crippen LogP contribution >= 0.6 is 34.8 Å². The molecule has 3 nitrogen and oxygen atoms in total. The molecule has 2 saturated heterocycles. The van der Waals surface area contributed by atoms with Crippen LogP contribution in [0.3, 0.4) is 0 Å². The van der Waals surface area contributed by atoms with Gasteiger partial charge >= 0.3 is 0 Å². The average Bonchev–Trinajstić information content (AvgIpc) is 3.00. The first kappa shape index (κ1) is 18.4. The van der Waals surface area contributed by atoms with Crippen molar-refractivity contribution in [1.29, 1.82) is 0 Å². The van der Waals surface area contributed by atoms with E-state index < -0.39 is 4.87 Å². The predicted octanol–water partition coefficient (Wildman–Crippen LogP) is 5.83. The van der Waals surface area contributed by atoms with Gasteiger partial charge in [0, 0.05) is 21.5 Å². The lowest BCUT2D eigenvalue weighted by atomic mass is 9.80. The highest BCUT2D eigenvalue weighted by Crippen LogP contribution is 2.53. The van der Waals surface area contributed by atoms with Gasteiger partial charge in [-0.1, -0.05) is 35.3 Å². The van der Waals surface area contributed by atoms with Crippen LogP contribution in [-0.2, 0) is 9.47 Å². The summed E-state index contributed by atoms with van der Waals surface area (Å²) in [5.41, 5.74) is 1.96. The van der Waals surface area contributed by atoms with Crippen molar-refractivity contribution in [2.75, 3.05) is 20.3 Å². The summed E-state index contributed by atoms with van der Waals surface area (Å²) >= 11 is 19.5. The molecule has 4 atom stereocenters. The third kappa shape index (κ3) is 3.32. The monoisotopic (exact) mass is 412 g/mol. The fourth-order valence-electron chi connectivity index (χ4n) is 3.84. The van der Waals surface area contributed by atoms with Crippen LogP contribution in [0.25, 0.3) is 0 Å². The molecule has 4 rings (SSSR count). The molecule has 0 amide bonds. The number of methoxy groups -OCH3 is 1. The van der Waals surface area contributed by atoms with E-state index in [0.717, 1.165) is 16.9 Å². The minimum Gasteiger partial charge on any atom is -0.497 e. The zero-order chi connectivity index (χ0) is 18.3. The van der Waals surface area contributed by atoms with Crippen LogP contribution in [0.5, 0.6) is 5.75 Å². The molecule has 0 bridgehead atoms. The van der Waals surface area contributed by atoms with E-state index in [-0.39, 0.29) is 18.1 Å². The quantitative estimate of drug-likeness (QED) is 0.593. The van der Waals surface area contributed by atoms with Gasteiger partial charge in [0.2, 0.25) is 0 Å². The van der Waals surface area contributed by atoms with Crippen molar-refractivity contribution < 1.29 is 14.2 Å². The Morgan fingerprint density at radius 1 is 1.08 bits per heavy atom. The number of halogens is 3. The SMILES string of the molecule is COc1ccc([C@H]2OC[C@@]3(Cl)C[C@H](c4cc(Cl)ccc4Cl)OC[C@@H]23)cc1. The minimum atomic E-state index is -0.487. The first-order valence-electron chi connectivity index (χ1n) is 8.51. The third-order valence-corrected chi connectivity index (χ3v) is 6.41. The van der Waals surface area contributed by atoms with E-state index in [2.05, 4.69) is 0 Å². The van der Waals surface area contributed by atoms with Crippen LogP contribution in [0.15, 0.2) is 42.5 Å². The van der Waals surface area contributed by atoms with Crippen LogP contribution in [-0.4, -0.2) is 25.2 Å². The zero-order valence-electron chi connectivity index (χ0n) is 14.3. The van der Waals surface area contributed by atoms with Crippen LogP contribution in [0.4, 0.5) is 0 Å². The van der Waals surface area contributed by atoms with Crippen molar-refractivity contribution in [2.24, 2.45) is 5.92 Å². The van der Waals surface area contributed by atoms with Crippen LogP contribution in [0.2, 0.25) is 10.0 Å². The molecule has 2 aliphatic rings. The summed E-state index contributed by atoms with van der Waals surface area (Å²) < 4.78 is 17.5. The Hall–Kier alpha value is -0.970. The maximum Gasteiger partial charge on any atom is 0.118 e. The Bertz CT molecular complexity index is 795. The highest BCUT2D eigenvalue weighted by atomic mass is 35.5. The van der Waals surface area contributed by atoms with Gasteiger partial charge in [-0.2, -0.15) is 0 Å². The summed E-state index contributed by atoms with van der Waals surface area (Å²) in [6.07, 6.45) is 0.355. The second kappa shape index (κ2) is 7.21. The van der Waals surface area contributed by atoms with Gasteiger partial charge in [0.05, 0.1) is 37.4 Å². The molecular formula is C20H19Cl3O3. The predicted molar refractivity (Wildman–Crippen MR) is 104 cm³/mol. The molecule has 2 aromatic carbocycles. The van der Waals surface area contributed by atoms with E-state index in [0.29, 0.717) is 29.7 Å². The van der Waals surface area contributed by atoms with Crippen molar-refractivity contribution in [3.63, 3.8) is 0 Å². The number of hydrogen-bond donors (Lipinski definition) is 0. The van der Waals surface area contributed by atoms with Crippen molar-refractivity contribution in [3.05, 3.63) is 63.6 Å². The Kier molecular flexibility index (Phi) is 5.10. The van der Waals surface area contributed by atoms with Gasteiger partial charge in [0.25, 0.3) is 0 Å². The van der Waals surface area contributed by atoms with Crippen LogP contribution in [0.1, 0.15) is 29.8 Å². The molecule has 0 unspecified atom stereocenters. The van der Waals surface area contributed by atoms with Gasteiger partial charge in [0.15, 0.2) is 0 Å². The van der Waals surface area contributed by atoms with E-state index in [1.807, 2.05) is 30.3 Å². The molecule has 0 N–H and O–H groups in total. The van der Waals surface area contributed by atoms with Gasteiger partial charge in [-0.05, 0) is 42.3 Å². The fraction of sp³-hybridized carbons (Fsp3) is 0.400. The summed E-state index contributed by atoms with van der Waals surface area (Å²) in [5, 5.41) is 1.28. The highest BCUT2D eigenvalue weighted by Gasteiger charge is 2.53. The summed E-state index contributed by atoms with van der Waals surface area (Å²) in [7, 11) is 1.65. The van der Waals surface area contributed by atoms with Crippen LogP contribution < -0.4 is 4.74 Å². The summed E-state index contributed by atoms with van der Waals surface area (Å²) in [5.74, 6) is 0.895. The number of benzene rings is 2. The Morgan fingerprint density at radius 3 is 2.58 bits per heavy atom. The smallest absolute Gasteiger partial charge is 0.118 e. The van der Waals surface area contributed by atoms with Gasteiger partial charge < -0.3 is 14.2 Å². The van der Waals surface area contributed by atoms with Gasteiger partial charge in [-0.25, -0.2) is 0 Å². The van der Waals surface area contributed by atoms with Gasteiger partial charge in [-0.15, -0.1) is 11.6 Å². The molecule has 2 aromatic rings. The average molecular weight is 414 g/mol. The number of fused-ring (bicyclic) bond motifs is 1. The lowest BCUT2D eigenvalue weighted by molar-refractivity contribution is -0.0380. The normalized spacial score (nSPS) is 30.8. The van der Waals surface area contributed by atoms with Crippen molar-refractivity contribution in [2.45, 2.75) is 23.5 Å². The third-order valence-electron chi connectivity index (χ3n) is 5.28.